The Hall–Kier alpha value is -2.57. The smallest absolute Gasteiger partial charge is 0.329 e. The summed E-state index contributed by atoms with van der Waals surface area (Å²) in [6.45, 7) is 7.66. The fourth-order valence-corrected chi connectivity index (χ4v) is 3.66. The van der Waals surface area contributed by atoms with Crippen LogP contribution >= 0.6 is 0 Å². The van der Waals surface area contributed by atoms with Gasteiger partial charge in [-0.25, -0.2) is 4.79 Å². The van der Waals surface area contributed by atoms with Crippen LogP contribution in [-0.4, -0.2) is 43.1 Å². The number of amides is 2. The van der Waals surface area contributed by atoms with Gasteiger partial charge in [-0.3, -0.25) is 9.59 Å². The zero-order valence-corrected chi connectivity index (χ0v) is 18.4. The van der Waals surface area contributed by atoms with E-state index in [1.54, 1.807) is 24.3 Å². The van der Waals surface area contributed by atoms with Gasteiger partial charge in [-0.15, -0.1) is 0 Å². The molecule has 0 heterocycles. The Morgan fingerprint density at radius 2 is 1.83 bits per heavy atom. The lowest BCUT2D eigenvalue weighted by molar-refractivity contribution is -0.151. The summed E-state index contributed by atoms with van der Waals surface area (Å²) in [5.74, 6) is -0.685. The van der Waals surface area contributed by atoms with Gasteiger partial charge in [-0.1, -0.05) is 45.7 Å². The van der Waals surface area contributed by atoms with Crippen LogP contribution in [0.1, 0.15) is 63.7 Å². The molecule has 30 heavy (non-hydrogen) atoms. The molecular formula is C23H34N2O5. The molecule has 0 radical (unpaired) electrons. The Labute approximate surface area is 178 Å². The van der Waals surface area contributed by atoms with Gasteiger partial charge in [0.15, 0.2) is 6.61 Å². The molecule has 0 bridgehead atoms. The Kier molecular flexibility index (Phi) is 9.15. The predicted molar refractivity (Wildman–Crippen MR) is 114 cm³/mol. The minimum atomic E-state index is -0.867. The lowest BCUT2D eigenvalue weighted by atomic mass is 9.86. The molecule has 3 atom stereocenters. The number of carbonyl (C=O) groups is 3. The van der Waals surface area contributed by atoms with Crippen molar-refractivity contribution in [1.82, 2.24) is 10.6 Å². The van der Waals surface area contributed by atoms with Crippen LogP contribution in [0.5, 0.6) is 5.75 Å². The van der Waals surface area contributed by atoms with Crippen LogP contribution < -0.4 is 15.4 Å². The fraction of sp³-hybridized carbons (Fsp3) is 0.609. The first kappa shape index (κ1) is 23.7. The van der Waals surface area contributed by atoms with Crippen molar-refractivity contribution in [2.24, 2.45) is 11.8 Å². The van der Waals surface area contributed by atoms with E-state index in [0.717, 1.165) is 19.3 Å². The molecule has 0 unspecified atom stereocenters. The number of nitrogens with one attached hydrogen (secondary N) is 2. The maximum Gasteiger partial charge on any atom is 0.329 e. The van der Waals surface area contributed by atoms with Crippen molar-refractivity contribution < 1.29 is 23.9 Å². The molecular weight excluding hydrogens is 384 g/mol. The van der Waals surface area contributed by atoms with Crippen LogP contribution in [0.2, 0.25) is 0 Å². The van der Waals surface area contributed by atoms with Gasteiger partial charge in [0.25, 0.3) is 11.8 Å². The van der Waals surface area contributed by atoms with Crippen molar-refractivity contribution in [3.8, 4) is 5.75 Å². The minimum Gasteiger partial charge on any atom is -0.493 e. The molecule has 2 rings (SSSR count). The van der Waals surface area contributed by atoms with Gasteiger partial charge in [0.2, 0.25) is 0 Å². The lowest BCUT2D eigenvalue weighted by Gasteiger charge is -2.29. The molecule has 7 nitrogen and oxygen atoms in total. The van der Waals surface area contributed by atoms with Gasteiger partial charge in [-0.2, -0.15) is 0 Å². The van der Waals surface area contributed by atoms with Gasteiger partial charge in [0.05, 0.1) is 12.2 Å². The molecule has 0 aromatic heterocycles. The maximum absolute atomic E-state index is 12.7. The molecule has 2 amide bonds. The molecule has 0 aliphatic heterocycles. The molecule has 1 aliphatic carbocycles. The largest absolute Gasteiger partial charge is 0.493 e. The van der Waals surface area contributed by atoms with E-state index in [0.29, 0.717) is 23.8 Å². The Balaban J connectivity index is 1.93. The van der Waals surface area contributed by atoms with Gasteiger partial charge in [0, 0.05) is 6.04 Å². The van der Waals surface area contributed by atoms with Gasteiger partial charge in [-0.05, 0) is 43.7 Å². The number of ether oxygens (including phenoxy) is 2. The highest BCUT2D eigenvalue weighted by Crippen LogP contribution is 2.23. The standard InChI is InChI=1S/C23H34N2O5/c1-5-29-19-13-9-7-11-17(19)22(27)25-21(15(2)3)23(28)30-14-20(26)24-18-12-8-6-10-16(18)4/h7,9,11,13,15-16,18,21H,5-6,8,10,12,14H2,1-4H3,(H,24,26)(H,25,27)/t16-,18+,21-/m0/s1. The van der Waals surface area contributed by atoms with E-state index in [4.69, 9.17) is 9.47 Å². The van der Waals surface area contributed by atoms with Crippen LogP contribution in [0.4, 0.5) is 0 Å². The highest BCUT2D eigenvalue weighted by atomic mass is 16.5. The molecule has 1 aromatic rings. The van der Waals surface area contributed by atoms with Crippen molar-refractivity contribution in [3.63, 3.8) is 0 Å². The third kappa shape index (κ3) is 6.75. The summed E-state index contributed by atoms with van der Waals surface area (Å²) in [6.07, 6.45) is 4.32. The number of hydrogen-bond acceptors (Lipinski definition) is 5. The van der Waals surface area contributed by atoms with E-state index in [1.807, 2.05) is 20.8 Å². The number of hydrogen-bond donors (Lipinski definition) is 2. The van der Waals surface area contributed by atoms with Crippen LogP contribution in [0.15, 0.2) is 24.3 Å². The monoisotopic (exact) mass is 418 g/mol. The molecule has 2 N–H and O–H groups in total. The van der Waals surface area contributed by atoms with E-state index < -0.39 is 17.9 Å². The maximum atomic E-state index is 12.7. The highest BCUT2D eigenvalue weighted by molar-refractivity contribution is 5.99. The topological polar surface area (TPSA) is 93.7 Å². The summed E-state index contributed by atoms with van der Waals surface area (Å²) < 4.78 is 10.7. The SMILES string of the molecule is CCOc1ccccc1C(=O)N[C@H](C(=O)OCC(=O)N[C@@H]1CCCC[C@@H]1C)C(C)C. The van der Waals surface area contributed by atoms with Gasteiger partial charge >= 0.3 is 5.97 Å². The third-order valence-electron chi connectivity index (χ3n) is 5.44. The van der Waals surface area contributed by atoms with Crippen molar-refractivity contribution in [1.29, 1.82) is 0 Å². The van der Waals surface area contributed by atoms with Crippen LogP contribution in [0.25, 0.3) is 0 Å². The summed E-state index contributed by atoms with van der Waals surface area (Å²) in [6, 6.07) is 6.12. The molecule has 166 valence electrons. The average molecular weight is 419 g/mol. The Morgan fingerprint density at radius 3 is 2.50 bits per heavy atom. The molecule has 0 spiro atoms. The second-order valence-electron chi connectivity index (χ2n) is 8.17. The first-order valence-electron chi connectivity index (χ1n) is 10.8. The second kappa shape index (κ2) is 11.6. The molecule has 1 aliphatic rings. The predicted octanol–water partition coefficient (Wildman–Crippen LogP) is 3.08. The van der Waals surface area contributed by atoms with E-state index >= 15 is 0 Å². The summed E-state index contributed by atoms with van der Waals surface area (Å²) in [4.78, 5) is 37.5. The highest BCUT2D eigenvalue weighted by Gasteiger charge is 2.28. The van der Waals surface area contributed by atoms with E-state index in [1.165, 1.54) is 6.42 Å². The fourth-order valence-electron chi connectivity index (χ4n) is 3.66. The minimum absolute atomic E-state index is 0.126. The normalized spacial score (nSPS) is 19.6. The summed E-state index contributed by atoms with van der Waals surface area (Å²) in [5.41, 5.74) is 0.349. The van der Waals surface area contributed by atoms with E-state index in [9.17, 15) is 14.4 Å². The molecule has 1 aromatic carbocycles. The van der Waals surface area contributed by atoms with Crippen molar-refractivity contribution in [3.05, 3.63) is 29.8 Å². The zero-order chi connectivity index (χ0) is 22.1. The number of benzene rings is 1. The van der Waals surface area contributed by atoms with Gasteiger partial charge in [0.1, 0.15) is 11.8 Å². The third-order valence-corrected chi connectivity index (χ3v) is 5.44. The van der Waals surface area contributed by atoms with Crippen molar-refractivity contribution in [2.45, 2.75) is 65.5 Å². The molecule has 1 saturated carbocycles. The van der Waals surface area contributed by atoms with Crippen LogP contribution in [0, 0.1) is 11.8 Å². The molecule has 7 heteroatoms. The second-order valence-corrected chi connectivity index (χ2v) is 8.17. The zero-order valence-electron chi connectivity index (χ0n) is 18.4. The van der Waals surface area contributed by atoms with Crippen molar-refractivity contribution >= 4 is 17.8 Å². The Morgan fingerprint density at radius 1 is 1.13 bits per heavy atom. The van der Waals surface area contributed by atoms with Gasteiger partial charge < -0.3 is 20.1 Å². The van der Waals surface area contributed by atoms with E-state index in [2.05, 4.69) is 17.6 Å². The van der Waals surface area contributed by atoms with Crippen molar-refractivity contribution in [2.75, 3.05) is 13.2 Å². The van der Waals surface area contributed by atoms with Crippen LogP contribution in [-0.2, 0) is 14.3 Å². The first-order chi connectivity index (χ1) is 14.3. The number of para-hydroxylation sites is 1. The van der Waals surface area contributed by atoms with E-state index in [-0.39, 0.29) is 24.5 Å². The average Bonchev–Trinajstić information content (AvgIpc) is 2.72. The number of rotatable bonds is 9. The summed E-state index contributed by atoms with van der Waals surface area (Å²) >= 11 is 0. The summed E-state index contributed by atoms with van der Waals surface area (Å²) in [5, 5.41) is 5.68. The number of carbonyl (C=O) groups excluding carboxylic acids is 3. The number of esters is 1. The van der Waals surface area contributed by atoms with Crippen LogP contribution in [0.3, 0.4) is 0 Å². The molecule has 0 saturated heterocycles. The molecule has 1 fully saturated rings. The first-order valence-corrected chi connectivity index (χ1v) is 10.8. The quantitative estimate of drug-likeness (QED) is 0.601. The Bertz CT molecular complexity index is 734. The summed E-state index contributed by atoms with van der Waals surface area (Å²) in [7, 11) is 0. The lowest BCUT2D eigenvalue weighted by Crippen LogP contribution is -2.47.